The van der Waals surface area contributed by atoms with Gasteiger partial charge in [0.2, 0.25) is 20.0 Å². The third-order valence-corrected chi connectivity index (χ3v) is 10.0. The Bertz CT molecular complexity index is 1360. The number of aliphatic carboxylic acids is 1. The summed E-state index contributed by atoms with van der Waals surface area (Å²) >= 11 is 1.23. The van der Waals surface area contributed by atoms with Gasteiger partial charge in [0, 0.05) is 44.0 Å². The van der Waals surface area contributed by atoms with Crippen LogP contribution in [-0.4, -0.2) is 86.3 Å². The lowest BCUT2D eigenvalue weighted by atomic mass is 10.2. The summed E-state index contributed by atoms with van der Waals surface area (Å²) in [6.07, 6.45) is -3.42. The molecule has 0 saturated carbocycles. The first-order valence-electron chi connectivity index (χ1n) is 10.4. The van der Waals surface area contributed by atoms with E-state index < -0.39 is 44.2 Å². The molecule has 0 aliphatic carbocycles. The van der Waals surface area contributed by atoms with Crippen molar-refractivity contribution in [2.24, 2.45) is 0 Å². The highest BCUT2D eigenvalue weighted by Crippen LogP contribution is 2.34. The number of alkyl halides is 3. The minimum Gasteiger partial charge on any atom is -0.480 e. The van der Waals surface area contributed by atoms with Gasteiger partial charge in [-0.25, -0.2) is 21.8 Å². The van der Waals surface area contributed by atoms with Gasteiger partial charge < -0.3 is 14.7 Å². The number of benzene rings is 1. The van der Waals surface area contributed by atoms with E-state index in [0.717, 1.165) is 45.4 Å². The molecular weight excluding hydrogens is 549 g/mol. The largest absolute Gasteiger partial charge is 0.573 e. The van der Waals surface area contributed by atoms with Gasteiger partial charge in [0.25, 0.3) is 0 Å². The molecule has 0 amide bonds. The molecule has 0 bridgehead atoms. The number of hydrogen-bond donors (Lipinski definition) is 1. The normalized spacial score (nSPS) is 20.2. The minimum absolute atomic E-state index is 0.112. The van der Waals surface area contributed by atoms with Gasteiger partial charge in [-0.2, -0.15) is 8.61 Å². The molecule has 2 aliphatic heterocycles. The molecule has 1 atom stereocenters. The van der Waals surface area contributed by atoms with Crippen LogP contribution in [0.1, 0.15) is 10.6 Å². The Balaban J connectivity index is 1.53. The van der Waals surface area contributed by atoms with E-state index in [1.165, 1.54) is 15.6 Å². The van der Waals surface area contributed by atoms with E-state index in [0.29, 0.717) is 11.6 Å². The summed E-state index contributed by atoms with van der Waals surface area (Å²) in [5, 5.41) is 10.2. The van der Waals surface area contributed by atoms with Crippen molar-refractivity contribution in [3.63, 3.8) is 0 Å². The fraction of sp³-hybridized carbons (Fsp3) is 0.474. The van der Waals surface area contributed by atoms with Crippen LogP contribution in [0, 0.1) is 0 Å². The molecule has 36 heavy (non-hydrogen) atoms. The molecule has 2 aromatic rings. The van der Waals surface area contributed by atoms with Crippen LogP contribution in [0.25, 0.3) is 0 Å². The topological polar surface area (TPSA) is 137 Å². The van der Waals surface area contributed by atoms with Gasteiger partial charge in [0.15, 0.2) is 5.13 Å². The summed E-state index contributed by atoms with van der Waals surface area (Å²) < 4.78 is 93.0. The number of carboxylic acids is 1. The van der Waals surface area contributed by atoms with Crippen LogP contribution in [0.2, 0.25) is 0 Å². The van der Waals surface area contributed by atoms with Crippen molar-refractivity contribution >= 4 is 42.5 Å². The third kappa shape index (κ3) is 5.59. The second-order valence-electron chi connectivity index (χ2n) is 8.15. The first-order chi connectivity index (χ1) is 16.6. The van der Waals surface area contributed by atoms with Gasteiger partial charge in [0.1, 0.15) is 11.8 Å². The zero-order valence-electron chi connectivity index (χ0n) is 18.7. The molecule has 11 nitrogen and oxygen atoms in total. The summed E-state index contributed by atoms with van der Waals surface area (Å²) in [4.78, 5) is 18.5. The van der Waals surface area contributed by atoms with Crippen LogP contribution in [-0.2, 0) is 37.8 Å². The molecule has 0 unspecified atom stereocenters. The molecule has 1 N–H and O–H groups in total. The SMILES string of the molecule is CS(=O)(=O)N1CCc2nc(N3CCN(S(=O)(=O)c4ccc(OC(F)(F)F)cc4)[C@@H](C(=O)O)C3)sc2C1. The molecule has 2 aliphatic rings. The predicted octanol–water partition coefficient (Wildman–Crippen LogP) is 1.32. The number of halogens is 3. The zero-order valence-corrected chi connectivity index (χ0v) is 21.1. The Morgan fingerprint density at radius 2 is 1.81 bits per heavy atom. The molecule has 1 aromatic heterocycles. The molecule has 1 fully saturated rings. The average molecular weight is 571 g/mol. The molecular formula is C19H21F3N4O7S3. The van der Waals surface area contributed by atoms with Crippen molar-refractivity contribution in [1.29, 1.82) is 0 Å². The highest BCUT2D eigenvalue weighted by atomic mass is 32.2. The Morgan fingerprint density at radius 3 is 2.39 bits per heavy atom. The summed E-state index contributed by atoms with van der Waals surface area (Å²) in [5.74, 6) is -2.01. The van der Waals surface area contributed by atoms with Gasteiger partial charge >= 0.3 is 12.3 Å². The molecule has 0 radical (unpaired) electrons. The highest BCUT2D eigenvalue weighted by Gasteiger charge is 2.41. The van der Waals surface area contributed by atoms with Crippen molar-refractivity contribution in [3.8, 4) is 5.75 Å². The van der Waals surface area contributed by atoms with Crippen LogP contribution >= 0.6 is 11.3 Å². The lowest BCUT2D eigenvalue weighted by molar-refractivity contribution is -0.274. The van der Waals surface area contributed by atoms with Crippen molar-refractivity contribution in [2.75, 3.05) is 37.3 Å². The number of fused-ring (bicyclic) bond motifs is 1. The minimum atomic E-state index is -4.94. The summed E-state index contributed by atoms with van der Waals surface area (Å²) in [6, 6.07) is 2.04. The second kappa shape index (κ2) is 9.44. The molecule has 17 heteroatoms. The first kappa shape index (κ1) is 26.6. The highest BCUT2D eigenvalue weighted by molar-refractivity contribution is 7.89. The second-order valence-corrected chi connectivity index (χ2v) is 13.1. The monoisotopic (exact) mass is 570 g/mol. The smallest absolute Gasteiger partial charge is 0.480 e. The van der Waals surface area contributed by atoms with E-state index in [-0.39, 0.29) is 37.6 Å². The first-order valence-corrected chi connectivity index (χ1v) is 14.5. The fourth-order valence-corrected chi connectivity index (χ4v) is 7.54. The van der Waals surface area contributed by atoms with E-state index in [4.69, 9.17) is 0 Å². The molecule has 198 valence electrons. The Hall–Kier alpha value is -2.47. The van der Waals surface area contributed by atoms with Crippen molar-refractivity contribution < 1.29 is 44.6 Å². The Kier molecular flexibility index (Phi) is 6.97. The number of piperazine rings is 1. The predicted molar refractivity (Wildman–Crippen MR) is 122 cm³/mol. The number of rotatable bonds is 6. The Morgan fingerprint density at radius 1 is 1.14 bits per heavy atom. The van der Waals surface area contributed by atoms with Gasteiger partial charge in [0.05, 0.1) is 16.8 Å². The van der Waals surface area contributed by atoms with Crippen LogP contribution in [0.3, 0.4) is 0 Å². The van der Waals surface area contributed by atoms with Crippen molar-refractivity contribution in [2.45, 2.75) is 30.3 Å². The number of thiazole rings is 1. The quantitative estimate of drug-likeness (QED) is 0.545. The molecule has 4 rings (SSSR count). The number of aromatic nitrogens is 1. The maximum Gasteiger partial charge on any atom is 0.573 e. The van der Waals surface area contributed by atoms with Crippen LogP contribution < -0.4 is 9.64 Å². The maximum absolute atomic E-state index is 13.1. The number of carboxylic acid groups (broad SMARTS) is 1. The fourth-order valence-electron chi connectivity index (χ4n) is 3.95. The van der Waals surface area contributed by atoms with Crippen molar-refractivity contribution in [1.82, 2.24) is 13.6 Å². The zero-order chi connectivity index (χ0) is 26.5. The van der Waals surface area contributed by atoms with E-state index in [1.807, 2.05) is 0 Å². The van der Waals surface area contributed by atoms with Crippen LogP contribution in [0.4, 0.5) is 18.3 Å². The number of anilines is 1. The van der Waals surface area contributed by atoms with Gasteiger partial charge in [-0.3, -0.25) is 4.79 Å². The Labute approximate surface area is 208 Å². The number of carbonyl (C=O) groups is 1. The van der Waals surface area contributed by atoms with Gasteiger partial charge in [-0.1, -0.05) is 0 Å². The third-order valence-electron chi connectivity index (χ3n) is 5.70. The summed E-state index contributed by atoms with van der Waals surface area (Å²) in [7, 11) is -7.73. The number of ether oxygens (including phenoxy) is 1. The lowest BCUT2D eigenvalue weighted by Gasteiger charge is -2.38. The number of sulfonamides is 2. The van der Waals surface area contributed by atoms with Crippen LogP contribution in [0.5, 0.6) is 5.75 Å². The van der Waals surface area contributed by atoms with Crippen molar-refractivity contribution in [3.05, 3.63) is 34.8 Å². The lowest BCUT2D eigenvalue weighted by Crippen LogP contribution is -2.58. The number of nitrogens with zero attached hydrogens (tertiary/aromatic N) is 4. The van der Waals surface area contributed by atoms with Crippen LogP contribution in [0.15, 0.2) is 29.2 Å². The van der Waals surface area contributed by atoms with E-state index in [2.05, 4.69) is 9.72 Å². The maximum atomic E-state index is 13.1. The molecule has 1 saturated heterocycles. The number of hydrogen-bond acceptors (Lipinski definition) is 9. The van der Waals surface area contributed by atoms with E-state index in [9.17, 15) is 39.9 Å². The summed E-state index contributed by atoms with van der Waals surface area (Å²) in [5.41, 5.74) is 0.720. The molecule has 0 spiro atoms. The van der Waals surface area contributed by atoms with Gasteiger partial charge in [-0.15, -0.1) is 24.5 Å². The van der Waals surface area contributed by atoms with E-state index in [1.54, 1.807) is 4.90 Å². The standard InChI is InChI=1S/C19H21F3N4O7S3/c1-35(29,30)25-7-6-14-16(11-25)34-18(23-14)24-8-9-26(15(10-24)17(27)28)36(31,32)13-4-2-12(3-5-13)33-19(20,21)22/h2-5,15H,6-11H2,1H3,(H,27,28)/t15-/m1/s1. The van der Waals surface area contributed by atoms with Gasteiger partial charge in [-0.05, 0) is 24.3 Å². The molecule has 1 aromatic carbocycles. The van der Waals surface area contributed by atoms with E-state index >= 15 is 0 Å². The molecule has 3 heterocycles. The average Bonchev–Trinajstić information content (AvgIpc) is 3.21. The summed E-state index contributed by atoms with van der Waals surface area (Å²) in [6.45, 7) is 0.133.